The van der Waals surface area contributed by atoms with Gasteiger partial charge in [0, 0.05) is 18.3 Å². The Morgan fingerprint density at radius 3 is 2.41 bits per heavy atom. The number of carbonyl (C=O) groups excluding carboxylic acids is 2. The first-order valence-electron chi connectivity index (χ1n) is 9.50. The number of fused-ring (bicyclic) bond motifs is 2. The van der Waals surface area contributed by atoms with Gasteiger partial charge in [0.25, 0.3) is 0 Å². The molecule has 0 N–H and O–H groups in total. The first kappa shape index (κ1) is 19.9. The highest BCUT2D eigenvalue weighted by molar-refractivity contribution is 7.90. The first-order valence-corrected chi connectivity index (χ1v) is 11.4. The number of benzene rings is 1. The van der Waals surface area contributed by atoms with E-state index in [1.807, 2.05) is 11.8 Å². The van der Waals surface area contributed by atoms with E-state index in [-0.39, 0.29) is 35.3 Å². The van der Waals surface area contributed by atoms with Crippen molar-refractivity contribution in [3.63, 3.8) is 0 Å². The second kappa shape index (κ2) is 7.26. The molecular formula is C20H27NO5S. The average molecular weight is 394 g/mol. The summed E-state index contributed by atoms with van der Waals surface area (Å²) in [7, 11) is -3.25. The molecule has 7 heteroatoms. The van der Waals surface area contributed by atoms with Gasteiger partial charge in [-0.1, -0.05) is 19.1 Å². The predicted molar refractivity (Wildman–Crippen MR) is 101 cm³/mol. The number of ether oxygens (including phenoxy) is 1. The fourth-order valence-electron chi connectivity index (χ4n) is 4.70. The molecule has 2 fully saturated rings. The third kappa shape index (κ3) is 3.49. The Bertz CT molecular complexity index is 832. The lowest BCUT2D eigenvalue weighted by Gasteiger charge is -2.34. The minimum Gasteiger partial charge on any atom is -0.466 e. The zero-order valence-electron chi connectivity index (χ0n) is 16.1. The zero-order valence-corrected chi connectivity index (χ0v) is 16.9. The van der Waals surface area contributed by atoms with Gasteiger partial charge in [0.1, 0.15) is 0 Å². The Labute approximate surface area is 160 Å². The predicted octanol–water partition coefficient (Wildman–Crippen LogP) is 2.36. The molecule has 0 radical (unpaired) electrons. The zero-order chi connectivity index (χ0) is 19.8. The standard InChI is InChI=1S/C20H27NO5S/c1-4-20(19(23)26-5-2)13-15-8-11-17(20)21(15)18(22)12-14-6-9-16(10-7-14)27(3,24)25/h6-7,9-10,15,17H,4-5,8,11-13H2,1-3H3/t15-,17+,20+/m1/s1. The van der Waals surface area contributed by atoms with Crippen molar-refractivity contribution in [2.24, 2.45) is 5.41 Å². The normalized spacial score (nSPS) is 27.0. The van der Waals surface area contributed by atoms with E-state index in [4.69, 9.17) is 4.74 Å². The molecule has 0 aliphatic carbocycles. The van der Waals surface area contributed by atoms with Crippen molar-refractivity contribution in [2.75, 3.05) is 12.9 Å². The van der Waals surface area contributed by atoms with Gasteiger partial charge in [0.15, 0.2) is 9.84 Å². The van der Waals surface area contributed by atoms with Gasteiger partial charge in [-0.15, -0.1) is 0 Å². The van der Waals surface area contributed by atoms with Crippen molar-refractivity contribution >= 4 is 21.7 Å². The van der Waals surface area contributed by atoms with Gasteiger partial charge >= 0.3 is 5.97 Å². The fraction of sp³-hybridized carbons (Fsp3) is 0.600. The topological polar surface area (TPSA) is 80.8 Å². The molecule has 2 aliphatic heterocycles. The number of esters is 1. The molecule has 2 aliphatic rings. The van der Waals surface area contributed by atoms with E-state index in [1.165, 1.54) is 12.1 Å². The first-order chi connectivity index (χ1) is 12.7. The largest absolute Gasteiger partial charge is 0.466 e. The van der Waals surface area contributed by atoms with E-state index >= 15 is 0 Å². The Morgan fingerprint density at radius 2 is 1.85 bits per heavy atom. The lowest BCUT2D eigenvalue weighted by molar-refractivity contribution is -0.158. The summed E-state index contributed by atoms with van der Waals surface area (Å²) in [6.07, 6.45) is 4.46. The summed E-state index contributed by atoms with van der Waals surface area (Å²) in [4.78, 5) is 27.8. The van der Waals surface area contributed by atoms with Gasteiger partial charge in [0.2, 0.25) is 5.91 Å². The minimum atomic E-state index is -3.25. The van der Waals surface area contributed by atoms with Crippen molar-refractivity contribution < 1.29 is 22.7 Å². The number of hydrogen-bond donors (Lipinski definition) is 0. The molecule has 0 unspecified atom stereocenters. The Balaban J connectivity index is 1.77. The van der Waals surface area contributed by atoms with Crippen LogP contribution in [0.5, 0.6) is 0 Å². The van der Waals surface area contributed by atoms with Gasteiger partial charge in [0.05, 0.1) is 23.3 Å². The lowest BCUT2D eigenvalue weighted by Crippen LogP contribution is -2.46. The quantitative estimate of drug-likeness (QED) is 0.693. The van der Waals surface area contributed by atoms with E-state index in [1.54, 1.807) is 19.1 Å². The number of hydrogen-bond acceptors (Lipinski definition) is 5. The highest BCUT2D eigenvalue weighted by Crippen LogP contribution is 2.52. The molecule has 2 bridgehead atoms. The van der Waals surface area contributed by atoms with Crippen LogP contribution in [-0.4, -0.2) is 50.1 Å². The number of carbonyl (C=O) groups is 2. The third-order valence-corrected chi connectivity index (χ3v) is 7.18. The molecule has 1 amide bonds. The molecule has 0 spiro atoms. The number of amides is 1. The summed E-state index contributed by atoms with van der Waals surface area (Å²) in [5.74, 6) is -0.191. The maximum atomic E-state index is 13.0. The van der Waals surface area contributed by atoms with Crippen LogP contribution in [0.25, 0.3) is 0 Å². The molecule has 3 atom stereocenters. The van der Waals surface area contributed by atoms with Crippen LogP contribution >= 0.6 is 0 Å². The van der Waals surface area contributed by atoms with Crippen LogP contribution in [0.15, 0.2) is 29.2 Å². The summed E-state index contributed by atoms with van der Waals surface area (Å²) in [5, 5.41) is 0. The number of sulfone groups is 1. The monoisotopic (exact) mass is 393 g/mol. The van der Waals surface area contributed by atoms with Crippen molar-refractivity contribution in [3.8, 4) is 0 Å². The van der Waals surface area contributed by atoms with Crippen LogP contribution in [0.3, 0.4) is 0 Å². The molecule has 1 aromatic rings. The summed E-state index contributed by atoms with van der Waals surface area (Å²) in [6.45, 7) is 4.14. The lowest BCUT2D eigenvalue weighted by atomic mass is 9.72. The highest BCUT2D eigenvalue weighted by atomic mass is 32.2. The fourth-order valence-corrected chi connectivity index (χ4v) is 5.33. The van der Waals surface area contributed by atoms with Gasteiger partial charge in [-0.25, -0.2) is 8.42 Å². The summed E-state index contributed by atoms with van der Waals surface area (Å²) in [6, 6.07) is 6.42. The molecule has 148 valence electrons. The number of rotatable bonds is 6. The average Bonchev–Trinajstić information content (AvgIpc) is 3.18. The maximum absolute atomic E-state index is 13.0. The molecule has 0 saturated carbocycles. The van der Waals surface area contributed by atoms with E-state index < -0.39 is 15.3 Å². The van der Waals surface area contributed by atoms with Crippen LogP contribution in [-0.2, 0) is 30.6 Å². The summed E-state index contributed by atoms with van der Waals surface area (Å²) in [5.41, 5.74) is 0.186. The van der Waals surface area contributed by atoms with Crippen LogP contribution < -0.4 is 0 Å². The Kier molecular flexibility index (Phi) is 5.34. The van der Waals surface area contributed by atoms with Crippen molar-refractivity contribution in [1.82, 2.24) is 4.90 Å². The molecule has 2 heterocycles. The molecular weight excluding hydrogens is 366 g/mol. The van der Waals surface area contributed by atoms with Gasteiger partial charge < -0.3 is 9.64 Å². The minimum absolute atomic E-state index is 0.00534. The van der Waals surface area contributed by atoms with Crippen molar-refractivity contribution in [3.05, 3.63) is 29.8 Å². The van der Waals surface area contributed by atoms with Crippen molar-refractivity contribution in [1.29, 1.82) is 0 Å². The van der Waals surface area contributed by atoms with E-state index in [9.17, 15) is 18.0 Å². The molecule has 1 aromatic carbocycles. The Hall–Kier alpha value is -1.89. The van der Waals surface area contributed by atoms with Crippen molar-refractivity contribution in [2.45, 2.75) is 62.9 Å². The SMILES string of the molecule is CCOC(=O)[C@@]1(CC)C[C@H]2CC[C@@H]1N2C(=O)Cc1ccc(S(C)(=O)=O)cc1. The number of nitrogens with zero attached hydrogens (tertiary/aromatic N) is 1. The van der Waals surface area contributed by atoms with E-state index in [2.05, 4.69) is 0 Å². The maximum Gasteiger partial charge on any atom is 0.314 e. The third-order valence-electron chi connectivity index (χ3n) is 6.05. The van der Waals surface area contributed by atoms with Gasteiger partial charge in [-0.2, -0.15) is 0 Å². The summed E-state index contributed by atoms with van der Waals surface area (Å²) >= 11 is 0. The molecule has 6 nitrogen and oxygen atoms in total. The van der Waals surface area contributed by atoms with Crippen LogP contribution in [0, 0.1) is 5.41 Å². The Morgan fingerprint density at radius 1 is 1.19 bits per heavy atom. The van der Waals surface area contributed by atoms with E-state index in [0.717, 1.165) is 24.7 Å². The van der Waals surface area contributed by atoms with Crippen LogP contribution in [0.2, 0.25) is 0 Å². The molecule has 27 heavy (non-hydrogen) atoms. The molecule has 3 rings (SSSR count). The molecule has 0 aromatic heterocycles. The molecule has 2 saturated heterocycles. The van der Waals surface area contributed by atoms with Crippen LogP contribution in [0.1, 0.15) is 45.1 Å². The highest BCUT2D eigenvalue weighted by Gasteiger charge is 2.60. The van der Waals surface area contributed by atoms with Gasteiger partial charge in [-0.05, 0) is 50.3 Å². The van der Waals surface area contributed by atoms with Gasteiger partial charge in [-0.3, -0.25) is 9.59 Å². The van der Waals surface area contributed by atoms with Crippen LogP contribution in [0.4, 0.5) is 0 Å². The second-order valence-electron chi connectivity index (χ2n) is 7.58. The summed E-state index contributed by atoms with van der Waals surface area (Å²) < 4.78 is 28.5. The smallest absolute Gasteiger partial charge is 0.314 e. The van der Waals surface area contributed by atoms with E-state index in [0.29, 0.717) is 19.4 Å². The second-order valence-corrected chi connectivity index (χ2v) is 9.59.